The van der Waals surface area contributed by atoms with Crippen LogP contribution in [0, 0.1) is 0 Å². The molecule has 3 aromatic rings. The van der Waals surface area contributed by atoms with Gasteiger partial charge in [0.05, 0.1) is 11.2 Å². The zero-order valence-corrected chi connectivity index (χ0v) is 17.3. The fraction of sp³-hybridized carbons (Fsp3) is 0.217. The van der Waals surface area contributed by atoms with Crippen LogP contribution < -0.4 is 5.43 Å². The van der Waals surface area contributed by atoms with Crippen LogP contribution in [0.1, 0.15) is 35.3 Å². The average molecular weight is 410 g/mol. The maximum absolute atomic E-state index is 12.2. The summed E-state index contributed by atoms with van der Waals surface area (Å²) in [5.74, 6) is -0.464. The van der Waals surface area contributed by atoms with Crippen LogP contribution in [0.15, 0.2) is 59.7 Å². The second-order valence-corrected chi connectivity index (χ2v) is 7.09. The Hall–Kier alpha value is -2.89. The van der Waals surface area contributed by atoms with E-state index in [1.807, 2.05) is 18.2 Å². The lowest BCUT2D eigenvalue weighted by Crippen LogP contribution is -2.22. The molecule has 0 heterocycles. The first-order valence-corrected chi connectivity index (χ1v) is 9.96. The number of aromatic hydroxyl groups is 1. The van der Waals surface area contributed by atoms with Crippen LogP contribution in [0.5, 0.6) is 5.75 Å². The maximum atomic E-state index is 12.2. The molecule has 150 valence electrons. The third-order valence-corrected chi connectivity index (χ3v) is 5.22. The molecule has 0 bridgehead atoms. The van der Waals surface area contributed by atoms with E-state index in [2.05, 4.69) is 47.5 Å². The molecular formula is C23H24ClN3O2. The summed E-state index contributed by atoms with van der Waals surface area (Å²) >= 11 is 5.85. The van der Waals surface area contributed by atoms with Gasteiger partial charge in [0, 0.05) is 17.7 Å². The van der Waals surface area contributed by atoms with Crippen molar-refractivity contribution in [3.05, 3.63) is 76.3 Å². The Bertz CT molecular complexity index is 1050. The van der Waals surface area contributed by atoms with E-state index in [0.717, 1.165) is 30.6 Å². The van der Waals surface area contributed by atoms with Crippen LogP contribution >= 0.6 is 11.6 Å². The predicted molar refractivity (Wildman–Crippen MR) is 119 cm³/mol. The molecule has 0 saturated carbocycles. The number of carbonyl (C=O) groups excluding carboxylic acids is 1. The van der Waals surface area contributed by atoms with Crippen molar-refractivity contribution < 1.29 is 9.90 Å². The second-order valence-electron chi connectivity index (χ2n) is 6.69. The third kappa shape index (κ3) is 4.94. The average Bonchev–Trinajstić information content (AvgIpc) is 2.74. The number of hydrazone groups is 1. The number of nitrogens with one attached hydrogen (secondary N) is 1. The summed E-state index contributed by atoms with van der Waals surface area (Å²) in [6.07, 6.45) is 1.64. The van der Waals surface area contributed by atoms with Crippen molar-refractivity contribution >= 4 is 34.5 Å². The molecule has 29 heavy (non-hydrogen) atoms. The number of amides is 1. The van der Waals surface area contributed by atoms with Gasteiger partial charge in [-0.25, -0.2) is 5.43 Å². The van der Waals surface area contributed by atoms with E-state index in [0.29, 0.717) is 5.56 Å². The van der Waals surface area contributed by atoms with Gasteiger partial charge in [0.15, 0.2) is 0 Å². The number of rotatable bonds is 7. The predicted octanol–water partition coefficient (Wildman–Crippen LogP) is 4.80. The fourth-order valence-corrected chi connectivity index (χ4v) is 3.38. The number of phenolic OH excluding ortho intramolecular Hbond substituents is 1. The number of benzene rings is 3. The van der Waals surface area contributed by atoms with Crippen LogP contribution in [0.4, 0.5) is 0 Å². The molecular weight excluding hydrogens is 386 g/mol. The zero-order chi connectivity index (χ0) is 20.8. The molecule has 0 aliphatic rings. The highest BCUT2D eigenvalue weighted by molar-refractivity contribution is 6.32. The van der Waals surface area contributed by atoms with Crippen molar-refractivity contribution in [2.24, 2.45) is 5.10 Å². The lowest BCUT2D eigenvalue weighted by Gasteiger charge is -2.19. The molecule has 0 saturated heterocycles. The molecule has 0 aliphatic heterocycles. The van der Waals surface area contributed by atoms with E-state index in [-0.39, 0.29) is 10.8 Å². The van der Waals surface area contributed by atoms with Gasteiger partial charge in [-0.15, -0.1) is 0 Å². The molecule has 6 heteroatoms. The first-order valence-electron chi connectivity index (χ1n) is 9.58. The van der Waals surface area contributed by atoms with Crippen molar-refractivity contribution in [2.75, 3.05) is 13.1 Å². The highest BCUT2D eigenvalue weighted by atomic mass is 35.5. The van der Waals surface area contributed by atoms with Crippen LogP contribution in [-0.2, 0) is 6.54 Å². The van der Waals surface area contributed by atoms with Crippen molar-refractivity contribution in [1.29, 1.82) is 0 Å². The van der Waals surface area contributed by atoms with Crippen molar-refractivity contribution in [3.8, 4) is 5.75 Å². The van der Waals surface area contributed by atoms with Gasteiger partial charge < -0.3 is 5.11 Å². The first-order chi connectivity index (χ1) is 14.0. The number of phenols is 1. The highest BCUT2D eigenvalue weighted by Crippen LogP contribution is 2.24. The van der Waals surface area contributed by atoms with Crippen LogP contribution in [0.2, 0.25) is 5.02 Å². The lowest BCUT2D eigenvalue weighted by molar-refractivity contribution is 0.0955. The molecule has 3 aromatic carbocycles. The summed E-state index contributed by atoms with van der Waals surface area (Å²) in [4.78, 5) is 14.6. The molecule has 0 spiro atoms. The van der Waals surface area contributed by atoms with E-state index in [9.17, 15) is 9.90 Å². The molecule has 1 amide bonds. The Morgan fingerprint density at radius 2 is 1.83 bits per heavy atom. The molecule has 0 aliphatic carbocycles. The van der Waals surface area contributed by atoms with Crippen molar-refractivity contribution in [3.63, 3.8) is 0 Å². The third-order valence-electron chi connectivity index (χ3n) is 4.92. The number of halogens is 1. The van der Waals surface area contributed by atoms with Gasteiger partial charge in [-0.3, -0.25) is 9.69 Å². The minimum Gasteiger partial charge on any atom is -0.506 e. The molecule has 2 N–H and O–H groups in total. The molecule has 0 aromatic heterocycles. The zero-order valence-electron chi connectivity index (χ0n) is 16.5. The second kappa shape index (κ2) is 9.54. The molecule has 5 nitrogen and oxygen atoms in total. The van der Waals surface area contributed by atoms with E-state index in [1.165, 1.54) is 29.1 Å². The Morgan fingerprint density at radius 1 is 1.10 bits per heavy atom. The summed E-state index contributed by atoms with van der Waals surface area (Å²) in [6, 6.07) is 16.6. The van der Waals surface area contributed by atoms with Crippen LogP contribution in [0.3, 0.4) is 0 Å². The highest BCUT2D eigenvalue weighted by Gasteiger charge is 2.09. The largest absolute Gasteiger partial charge is 0.506 e. The number of hydrogen-bond donors (Lipinski definition) is 2. The lowest BCUT2D eigenvalue weighted by atomic mass is 9.99. The number of hydrogen-bond acceptors (Lipinski definition) is 4. The normalized spacial score (nSPS) is 11.4. The Morgan fingerprint density at radius 3 is 2.52 bits per heavy atom. The number of nitrogens with zero attached hydrogens (tertiary/aromatic N) is 2. The summed E-state index contributed by atoms with van der Waals surface area (Å²) < 4.78 is 0. The Balaban J connectivity index is 1.81. The Labute approximate surface area is 175 Å². The van der Waals surface area contributed by atoms with Gasteiger partial charge in [-0.1, -0.05) is 61.8 Å². The summed E-state index contributed by atoms with van der Waals surface area (Å²) in [6.45, 7) is 7.22. The maximum Gasteiger partial charge on any atom is 0.271 e. The number of carbonyl (C=O) groups is 1. The van der Waals surface area contributed by atoms with Gasteiger partial charge >= 0.3 is 0 Å². The smallest absolute Gasteiger partial charge is 0.271 e. The quantitative estimate of drug-likeness (QED) is 0.435. The van der Waals surface area contributed by atoms with Gasteiger partial charge in [0.2, 0.25) is 0 Å². The van der Waals surface area contributed by atoms with Crippen molar-refractivity contribution in [2.45, 2.75) is 20.4 Å². The molecule has 0 unspecified atom stereocenters. The van der Waals surface area contributed by atoms with Gasteiger partial charge in [-0.2, -0.15) is 5.10 Å². The molecule has 3 rings (SSSR count). The topological polar surface area (TPSA) is 64.9 Å². The van der Waals surface area contributed by atoms with E-state index in [1.54, 1.807) is 6.21 Å². The van der Waals surface area contributed by atoms with Crippen LogP contribution in [-0.4, -0.2) is 35.2 Å². The standard InChI is InChI=1S/C23H24ClN3O2/c1-3-27(4-2)15-18-10-9-17(19-7-5-6-8-20(18)19)14-25-26-23(29)16-11-12-22(28)21(24)13-16/h5-14,28H,3-4,15H2,1-2H3,(H,26,29). The van der Waals surface area contributed by atoms with Crippen LogP contribution in [0.25, 0.3) is 10.8 Å². The van der Waals surface area contributed by atoms with E-state index >= 15 is 0 Å². The number of fused-ring (bicyclic) bond motifs is 1. The molecule has 0 atom stereocenters. The Kier molecular flexibility index (Phi) is 6.86. The summed E-state index contributed by atoms with van der Waals surface area (Å²) in [5.41, 5.74) is 5.02. The SMILES string of the molecule is CCN(CC)Cc1ccc(C=NNC(=O)c2ccc(O)c(Cl)c2)c2ccccc12. The van der Waals surface area contributed by atoms with E-state index < -0.39 is 5.91 Å². The monoisotopic (exact) mass is 409 g/mol. The van der Waals surface area contributed by atoms with Gasteiger partial charge in [0.1, 0.15) is 5.75 Å². The van der Waals surface area contributed by atoms with Gasteiger partial charge in [-0.05, 0) is 47.6 Å². The molecule has 0 radical (unpaired) electrons. The van der Waals surface area contributed by atoms with Crippen molar-refractivity contribution in [1.82, 2.24) is 10.3 Å². The van der Waals surface area contributed by atoms with E-state index in [4.69, 9.17) is 11.6 Å². The fourth-order valence-electron chi connectivity index (χ4n) is 3.20. The first kappa shape index (κ1) is 20.8. The van der Waals surface area contributed by atoms with Gasteiger partial charge in [0.25, 0.3) is 5.91 Å². The summed E-state index contributed by atoms with van der Waals surface area (Å²) in [5, 5.41) is 16.0. The minimum absolute atomic E-state index is 0.0667. The summed E-state index contributed by atoms with van der Waals surface area (Å²) in [7, 11) is 0. The molecule has 0 fully saturated rings. The minimum atomic E-state index is -0.398.